The molecule has 2 saturated carbocycles. The zero-order chi connectivity index (χ0) is 25.6. The summed E-state index contributed by atoms with van der Waals surface area (Å²) < 4.78 is 44.2. The van der Waals surface area contributed by atoms with Crippen LogP contribution in [0.3, 0.4) is 0 Å². The predicted molar refractivity (Wildman–Crippen MR) is 122 cm³/mol. The number of hydrogen-bond acceptors (Lipinski definition) is 4. The maximum atomic E-state index is 13.7. The Hall–Kier alpha value is -3.56. The largest absolute Gasteiger partial charge is 0.479 e. The molecule has 2 aromatic rings. The van der Waals surface area contributed by atoms with Gasteiger partial charge in [-0.25, -0.2) is 9.59 Å². The highest BCUT2D eigenvalue weighted by Crippen LogP contribution is 2.52. The van der Waals surface area contributed by atoms with Gasteiger partial charge in [0, 0.05) is 29.3 Å². The summed E-state index contributed by atoms with van der Waals surface area (Å²) >= 11 is 0. The van der Waals surface area contributed by atoms with Gasteiger partial charge in [-0.3, -0.25) is 9.69 Å². The van der Waals surface area contributed by atoms with E-state index in [2.05, 4.69) is 0 Å². The lowest BCUT2D eigenvalue weighted by atomic mass is 9.81. The van der Waals surface area contributed by atoms with Crippen LogP contribution in [0.5, 0.6) is 0 Å². The molecule has 0 radical (unpaired) electrons. The number of carboxylic acids is 1. The zero-order valence-electron chi connectivity index (χ0n) is 19.3. The van der Waals surface area contributed by atoms with E-state index in [-0.39, 0.29) is 29.6 Å². The molecule has 2 aliphatic carbocycles. The smallest absolute Gasteiger partial charge is 0.416 e. The Morgan fingerprint density at radius 2 is 1.69 bits per heavy atom. The molecule has 2 aromatic carbocycles. The summed E-state index contributed by atoms with van der Waals surface area (Å²) in [4.78, 5) is 41.0. The minimum Gasteiger partial charge on any atom is -0.479 e. The van der Waals surface area contributed by atoms with Gasteiger partial charge in [0.2, 0.25) is 0 Å². The Labute approximate surface area is 205 Å². The molecule has 3 atom stereocenters. The first-order valence-electron chi connectivity index (χ1n) is 11.9. The number of hydrogen-bond donors (Lipinski definition) is 1. The number of halogens is 3. The summed E-state index contributed by atoms with van der Waals surface area (Å²) in [6.07, 6.45) is -1.36. The van der Waals surface area contributed by atoms with Crippen LogP contribution < -0.4 is 4.90 Å². The second kappa shape index (κ2) is 9.15. The highest BCUT2D eigenvalue weighted by atomic mass is 19.4. The van der Waals surface area contributed by atoms with E-state index in [4.69, 9.17) is 9.84 Å². The van der Waals surface area contributed by atoms with Crippen LogP contribution in [-0.4, -0.2) is 46.7 Å². The summed E-state index contributed by atoms with van der Waals surface area (Å²) in [7, 11) is 0. The number of amides is 2. The van der Waals surface area contributed by atoms with Gasteiger partial charge in [0.15, 0.2) is 6.61 Å². The summed E-state index contributed by atoms with van der Waals surface area (Å²) in [5.74, 6) is -1.75. The number of ether oxygens (including phenoxy) is 1. The molecule has 36 heavy (non-hydrogen) atoms. The Morgan fingerprint density at radius 3 is 2.33 bits per heavy atom. The van der Waals surface area contributed by atoms with Gasteiger partial charge < -0.3 is 14.7 Å². The molecule has 0 unspecified atom stereocenters. The lowest BCUT2D eigenvalue weighted by Gasteiger charge is -2.47. The molecule has 3 aliphatic rings. The van der Waals surface area contributed by atoms with Crippen molar-refractivity contribution in [2.45, 2.75) is 56.4 Å². The molecule has 1 aliphatic heterocycles. The van der Waals surface area contributed by atoms with Crippen molar-refractivity contribution < 1.29 is 37.4 Å². The number of fused-ring (bicyclic) bond motifs is 2. The third kappa shape index (κ3) is 4.40. The first-order valence-corrected chi connectivity index (χ1v) is 11.9. The normalized spacial score (nSPS) is 23.0. The zero-order valence-corrected chi connectivity index (χ0v) is 19.3. The molecule has 0 spiro atoms. The van der Waals surface area contributed by atoms with Crippen molar-refractivity contribution in [1.82, 2.24) is 4.90 Å². The van der Waals surface area contributed by atoms with Crippen molar-refractivity contribution >= 4 is 23.7 Å². The minimum atomic E-state index is -4.50. The third-order valence-corrected chi connectivity index (χ3v) is 7.23. The lowest BCUT2D eigenvalue weighted by Crippen LogP contribution is -2.53. The number of anilines is 1. The van der Waals surface area contributed by atoms with E-state index in [1.807, 2.05) is 12.1 Å². The molecule has 10 heteroatoms. The first-order chi connectivity index (χ1) is 17.2. The monoisotopic (exact) mass is 502 g/mol. The number of carboxylic acid groups (broad SMARTS) is 1. The SMILES string of the molecule is O=C(O)COC(=O)N(C1CC1)[C@H]1c2ccccc2N(C(=O)c2ccc(C(F)(F)F)cc2)[C@@H]2CCC[C@@H]21. The van der Waals surface area contributed by atoms with Crippen LogP contribution >= 0.6 is 0 Å². The third-order valence-electron chi connectivity index (χ3n) is 7.23. The van der Waals surface area contributed by atoms with E-state index in [1.165, 1.54) is 12.1 Å². The molecule has 0 aromatic heterocycles. The average molecular weight is 502 g/mol. The fraction of sp³-hybridized carbons (Fsp3) is 0.423. The molecule has 190 valence electrons. The molecule has 7 nitrogen and oxygen atoms in total. The molecule has 1 N–H and O–H groups in total. The number of rotatable bonds is 5. The minimum absolute atomic E-state index is 0.0669. The standard InChI is InChI=1S/C26H25F3N2O5/c27-26(28,29)16-10-8-15(9-11-16)24(34)31-20-6-2-1-4-18(20)23(19-5-3-7-21(19)31)30(17-12-13-17)25(35)36-14-22(32)33/h1-2,4,6,8-11,17,19,21,23H,3,5,7,12-14H2,(H,32,33)/t19-,21+,23-/m0/s1. The Kier molecular flexibility index (Phi) is 6.13. The van der Waals surface area contributed by atoms with E-state index in [0.717, 1.165) is 43.4 Å². The van der Waals surface area contributed by atoms with Gasteiger partial charge in [-0.1, -0.05) is 24.6 Å². The fourth-order valence-electron chi connectivity index (χ4n) is 5.62. The molecular weight excluding hydrogens is 477 g/mol. The van der Waals surface area contributed by atoms with Crippen LogP contribution in [0.15, 0.2) is 48.5 Å². The highest BCUT2D eigenvalue weighted by Gasteiger charge is 2.52. The summed E-state index contributed by atoms with van der Waals surface area (Å²) in [6, 6.07) is 10.7. The maximum Gasteiger partial charge on any atom is 0.416 e. The van der Waals surface area contributed by atoms with E-state index in [1.54, 1.807) is 21.9 Å². The van der Waals surface area contributed by atoms with Gasteiger partial charge in [-0.2, -0.15) is 13.2 Å². The topological polar surface area (TPSA) is 87.2 Å². The lowest BCUT2D eigenvalue weighted by molar-refractivity contribution is -0.141. The van der Waals surface area contributed by atoms with E-state index >= 15 is 0 Å². The molecular formula is C26H25F3N2O5. The summed E-state index contributed by atoms with van der Waals surface area (Å²) in [5.41, 5.74) is 0.686. The summed E-state index contributed by atoms with van der Waals surface area (Å²) in [6.45, 7) is -0.733. The van der Waals surface area contributed by atoms with E-state index < -0.39 is 36.3 Å². The van der Waals surface area contributed by atoms with Gasteiger partial charge in [-0.05, 0) is 61.6 Å². The molecule has 0 bridgehead atoms. The molecule has 1 heterocycles. The van der Waals surface area contributed by atoms with Crippen LogP contribution in [0.2, 0.25) is 0 Å². The van der Waals surface area contributed by atoms with Crippen molar-refractivity contribution in [1.29, 1.82) is 0 Å². The van der Waals surface area contributed by atoms with Gasteiger partial charge in [0.1, 0.15) is 0 Å². The van der Waals surface area contributed by atoms with Crippen molar-refractivity contribution in [2.75, 3.05) is 11.5 Å². The van der Waals surface area contributed by atoms with Gasteiger partial charge in [-0.15, -0.1) is 0 Å². The van der Waals surface area contributed by atoms with Crippen LogP contribution in [0.4, 0.5) is 23.7 Å². The quantitative estimate of drug-likeness (QED) is 0.603. The second-order valence-corrected chi connectivity index (χ2v) is 9.50. The maximum absolute atomic E-state index is 13.7. The van der Waals surface area contributed by atoms with Crippen molar-refractivity contribution in [2.24, 2.45) is 5.92 Å². The van der Waals surface area contributed by atoms with Crippen LogP contribution in [0.25, 0.3) is 0 Å². The number of aliphatic carboxylic acids is 1. The predicted octanol–water partition coefficient (Wildman–Crippen LogP) is 5.26. The number of nitrogens with zero attached hydrogens (tertiary/aromatic N) is 2. The number of benzene rings is 2. The van der Waals surface area contributed by atoms with Gasteiger partial charge >= 0.3 is 18.2 Å². The van der Waals surface area contributed by atoms with Crippen molar-refractivity contribution in [3.8, 4) is 0 Å². The van der Waals surface area contributed by atoms with Crippen LogP contribution in [0, 0.1) is 5.92 Å². The molecule has 2 amide bonds. The number of alkyl halides is 3. The Bertz CT molecular complexity index is 1180. The van der Waals surface area contributed by atoms with Crippen molar-refractivity contribution in [3.63, 3.8) is 0 Å². The number of carbonyl (C=O) groups excluding carboxylic acids is 2. The molecule has 2 fully saturated rings. The van der Waals surface area contributed by atoms with Crippen LogP contribution in [0.1, 0.15) is 59.6 Å². The van der Waals surface area contributed by atoms with E-state index in [9.17, 15) is 27.6 Å². The summed E-state index contributed by atoms with van der Waals surface area (Å²) in [5, 5.41) is 8.98. The average Bonchev–Trinajstić information content (AvgIpc) is 3.57. The number of carbonyl (C=O) groups is 3. The Balaban J connectivity index is 1.52. The Morgan fingerprint density at radius 1 is 1.00 bits per heavy atom. The second-order valence-electron chi connectivity index (χ2n) is 9.50. The fourth-order valence-corrected chi connectivity index (χ4v) is 5.62. The molecule has 0 saturated heterocycles. The highest BCUT2D eigenvalue weighted by molar-refractivity contribution is 6.07. The first kappa shape index (κ1) is 24.1. The number of para-hydroxylation sites is 1. The van der Waals surface area contributed by atoms with Gasteiger partial charge in [0.25, 0.3) is 5.91 Å². The van der Waals surface area contributed by atoms with E-state index in [0.29, 0.717) is 12.1 Å². The van der Waals surface area contributed by atoms with Gasteiger partial charge in [0.05, 0.1) is 11.6 Å². The van der Waals surface area contributed by atoms with Crippen LogP contribution in [-0.2, 0) is 15.7 Å². The van der Waals surface area contributed by atoms with Crippen molar-refractivity contribution in [3.05, 3.63) is 65.2 Å². The molecule has 5 rings (SSSR count).